The highest BCUT2D eigenvalue weighted by Gasteiger charge is 2.39. The standard InChI is InChI=1S/C33H43FO2/c1-3-4-5-6-23-9-13-24(14-10-23)25-15-17-27(18-16-25)30-21-28-19-20-29(26-11-7-22(2)8-12-26)31(34)32(28)36-33(30)35/h7-8,11-12,19-20,23-25,27,30H,3-6,9-10,13-18,21H2,1-2H3. The molecule has 2 nitrogen and oxygen atoms in total. The topological polar surface area (TPSA) is 26.3 Å². The second-order valence-corrected chi connectivity index (χ2v) is 12.0. The first-order valence-electron chi connectivity index (χ1n) is 14.6. The van der Waals surface area contributed by atoms with Crippen LogP contribution in [-0.4, -0.2) is 5.97 Å². The number of hydrogen-bond acceptors (Lipinski definition) is 2. The molecular weight excluding hydrogens is 447 g/mol. The van der Waals surface area contributed by atoms with Gasteiger partial charge in [0.05, 0.1) is 5.92 Å². The number of aryl methyl sites for hydroxylation is 1. The van der Waals surface area contributed by atoms with Crippen LogP contribution in [0.3, 0.4) is 0 Å². The van der Waals surface area contributed by atoms with Gasteiger partial charge in [-0.1, -0.05) is 87.4 Å². The summed E-state index contributed by atoms with van der Waals surface area (Å²) in [5, 5.41) is 0. The minimum Gasteiger partial charge on any atom is -0.423 e. The van der Waals surface area contributed by atoms with E-state index in [9.17, 15) is 4.79 Å². The molecule has 0 spiro atoms. The Balaban J connectivity index is 1.17. The number of carbonyl (C=O) groups excluding carboxylic acids is 1. The molecule has 2 aromatic rings. The molecule has 36 heavy (non-hydrogen) atoms. The van der Waals surface area contributed by atoms with E-state index >= 15 is 4.39 Å². The van der Waals surface area contributed by atoms with Gasteiger partial charge in [-0.15, -0.1) is 0 Å². The van der Waals surface area contributed by atoms with E-state index in [1.54, 1.807) is 0 Å². The van der Waals surface area contributed by atoms with E-state index in [-0.39, 0.29) is 17.6 Å². The van der Waals surface area contributed by atoms with Crippen molar-refractivity contribution >= 4 is 5.97 Å². The molecule has 194 valence electrons. The van der Waals surface area contributed by atoms with Crippen molar-refractivity contribution in [3.63, 3.8) is 0 Å². The molecule has 1 heterocycles. The lowest BCUT2D eigenvalue weighted by atomic mass is 9.66. The highest BCUT2D eigenvalue weighted by atomic mass is 19.1. The van der Waals surface area contributed by atoms with Crippen LogP contribution in [0.25, 0.3) is 11.1 Å². The normalized spacial score (nSPS) is 28.4. The summed E-state index contributed by atoms with van der Waals surface area (Å²) in [6.07, 6.45) is 16.5. The van der Waals surface area contributed by atoms with E-state index in [0.29, 0.717) is 17.9 Å². The zero-order valence-electron chi connectivity index (χ0n) is 22.2. The van der Waals surface area contributed by atoms with Crippen molar-refractivity contribution in [1.82, 2.24) is 0 Å². The van der Waals surface area contributed by atoms with Crippen LogP contribution in [0, 0.1) is 42.3 Å². The van der Waals surface area contributed by atoms with E-state index in [4.69, 9.17) is 4.74 Å². The summed E-state index contributed by atoms with van der Waals surface area (Å²) < 4.78 is 21.1. The maximum atomic E-state index is 15.4. The van der Waals surface area contributed by atoms with Crippen LogP contribution in [-0.2, 0) is 11.2 Å². The number of carbonyl (C=O) groups is 1. The fourth-order valence-corrected chi connectivity index (χ4v) is 7.33. The van der Waals surface area contributed by atoms with Crippen molar-refractivity contribution in [1.29, 1.82) is 0 Å². The SMILES string of the molecule is CCCCCC1CCC(C2CCC(C3Cc4ccc(-c5ccc(C)cc5)c(F)c4OC3=O)CC2)CC1. The van der Waals surface area contributed by atoms with Crippen molar-refractivity contribution in [2.75, 3.05) is 0 Å². The van der Waals surface area contributed by atoms with Crippen molar-refractivity contribution in [3.05, 3.63) is 53.3 Å². The van der Waals surface area contributed by atoms with Gasteiger partial charge >= 0.3 is 5.97 Å². The molecule has 2 saturated carbocycles. The molecule has 1 atom stereocenters. The lowest BCUT2D eigenvalue weighted by molar-refractivity contribution is -0.143. The minimum absolute atomic E-state index is 0.127. The first-order chi connectivity index (χ1) is 17.5. The molecule has 2 aliphatic carbocycles. The molecule has 3 heteroatoms. The molecular formula is C33H43FO2. The van der Waals surface area contributed by atoms with Gasteiger partial charge in [-0.05, 0) is 86.7 Å². The maximum Gasteiger partial charge on any atom is 0.315 e. The van der Waals surface area contributed by atoms with Crippen molar-refractivity contribution < 1.29 is 13.9 Å². The molecule has 2 fully saturated rings. The summed E-state index contributed by atoms with van der Waals surface area (Å²) in [5.41, 5.74) is 3.29. The van der Waals surface area contributed by atoms with Crippen LogP contribution in [0.2, 0.25) is 0 Å². The molecule has 1 unspecified atom stereocenters. The largest absolute Gasteiger partial charge is 0.423 e. The van der Waals surface area contributed by atoms with Crippen LogP contribution < -0.4 is 4.74 Å². The van der Waals surface area contributed by atoms with Crippen molar-refractivity contribution in [2.24, 2.45) is 29.6 Å². The summed E-state index contributed by atoms with van der Waals surface area (Å²) in [7, 11) is 0. The molecule has 0 radical (unpaired) electrons. The first-order valence-corrected chi connectivity index (χ1v) is 14.6. The molecule has 0 aromatic heterocycles. The van der Waals surface area contributed by atoms with E-state index in [0.717, 1.165) is 47.3 Å². The zero-order valence-corrected chi connectivity index (χ0v) is 22.2. The van der Waals surface area contributed by atoms with Gasteiger partial charge in [0, 0.05) is 5.56 Å². The monoisotopic (exact) mass is 490 g/mol. The van der Waals surface area contributed by atoms with Gasteiger partial charge in [-0.2, -0.15) is 0 Å². The fraction of sp³-hybridized carbons (Fsp3) is 0.606. The Bertz CT molecular complexity index is 1030. The fourth-order valence-electron chi connectivity index (χ4n) is 7.33. The average molecular weight is 491 g/mol. The number of halogens is 1. The van der Waals surface area contributed by atoms with E-state index < -0.39 is 5.82 Å². The summed E-state index contributed by atoms with van der Waals surface area (Å²) >= 11 is 0. The van der Waals surface area contributed by atoms with Crippen LogP contribution in [0.5, 0.6) is 5.75 Å². The van der Waals surface area contributed by atoms with E-state index in [1.807, 2.05) is 43.3 Å². The van der Waals surface area contributed by atoms with Gasteiger partial charge in [0.15, 0.2) is 11.6 Å². The number of hydrogen-bond donors (Lipinski definition) is 0. The molecule has 5 rings (SSSR count). The molecule has 3 aliphatic rings. The van der Waals surface area contributed by atoms with Gasteiger partial charge < -0.3 is 4.74 Å². The second kappa shape index (κ2) is 11.5. The molecule has 1 aliphatic heterocycles. The maximum absolute atomic E-state index is 15.4. The number of unbranched alkanes of at least 4 members (excludes halogenated alkanes) is 2. The number of ether oxygens (including phenoxy) is 1. The highest BCUT2D eigenvalue weighted by Crippen LogP contribution is 2.46. The molecule has 2 aromatic carbocycles. The predicted octanol–water partition coefficient (Wildman–Crippen LogP) is 9.07. The Morgan fingerprint density at radius 2 is 1.47 bits per heavy atom. The Labute approximate surface area is 217 Å². The van der Waals surface area contributed by atoms with Crippen LogP contribution in [0.15, 0.2) is 36.4 Å². The second-order valence-electron chi connectivity index (χ2n) is 12.0. The lowest BCUT2D eigenvalue weighted by Crippen LogP contribution is -2.36. The Kier molecular flexibility index (Phi) is 8.13. The number of benzene rings is 2. The number of esters is 1. The number of fused-ring (bicyclic) bond motifs is 1. The third kappa shape index (κ3) is 5.55. The highest BCUT2D eigenvalue weighted by molar-refractivity contribution is 5.80. The Hall–Kier alpha value is -2.16. The zero-order chi connectivity index (χ0) is 25.1. The minimum atomic E-state index is -0.405. The molecule has 0 bridgehead atoms. The van der Waals surface area contributed by atoms with Gasteiger partial charge in [0.2, 0.25) is 0 Å². The summed E-state index contributed by atoms with van der Waals surface area (Å²) in [6.45, 7) is 4.31. The van der Waals surface area contributed by atoms with Crippen molar-refractivity contribution in [3.8, 4) is 16.9 Å². The van der Waals surface area contributed by atoms with Gasteiger partial charge in [0.25, 0.3) is 0 Å². The Morgan fingerprint density at radius 3 is 2.14 bits per heavy atom. The predicted molar refractivity (Wildman–Crippen MR) is 144 cm³/mol. The van der Waals surface area contributed by atoms with E-state index in [2.05, 4.69) is 6.92 Å². The number of rotatable bonds is 7. The van der Waals surface area contributed by atoms with Crippen LogP contribution in [0.1, 0.15) is 95.1 Å². The molecule has 0 saturated heterocycles. The van der Waals surface area contributed by atoms with Gasteiger partial charge in [-0.3, -0.25) is 4.79 Å². The summed E-state index contributed by atoms with van der Waals surface area (Å²) in [5.74, 6) is 2.45. The van der Waals surface area contributed by atoms with Gasteiger partial charge in [-0.25, -0.2) is 4.39 Å². The molecule has 0 N–H and O–H groups in total. The van der Waals surface area contributed by atoms with Crippen LogP contribution in [0.4, 0.5) is 4.39 Å². The Morgan fingerprint density at radius 1 is 0.833 bits per heavy atom. The average Bonchev–Trinajstić information content (AvgIpc) is 2.90. The lowest BCUT2D eigenvalue weighted by Gasteiger charge is -2.40. The quantitative estimate of drug-likeness (QED) is 0.220. The summed E-state index contributed by atoms with van der Waals surface area (Å²) in [4.78, 5) is 13.0. The smallest absolute Gasteiger partial charge is 0.315 e. The van der Waals surface area contributed by atoms with Gasteiger partial charge in [0.1, 0.15) is 0 Å². The molecule has 0 amide bonds. The third-order valence-corrected chi connectivity index (χ3v) is 9.65. The first kappa shape index (κ1) is 25.5. The summed E-state index contributed by atoms with van der Waals surface area (Å²) in [6, 6.07) is 11.6. The van der Waals surface area contributed by atoms with Crippen molar-refractivity contribution in [2.45, 2.75) is 97.3 Å². The third-order valence-electron chi connectivity index (χ3n) is 9.65. The van der Waals surface area contributed by atoms with Crippen LogP contribution >= 0.6 is 0 Å². The van der Waals surface area contributed by atoms with E-state index in [1.165, 1.54) is 64.2 Å².